The number of hydrogen-bond acceptors (Lipinski definition) is 4. The van der Waals surface area contributed by atoms with Crippen LogP contribution in [0.5, 0.6) is 0 Å². The second kappa shape index (κ2) is 4.32. The van der Waals surface area contributed by atoms with E-state index < -0.39 is 0 Å². The minimum absolute atomic E-state index is 0.0121. The van der Waals surface area contributed by atoms with Crippen LogP contribution in [-0.4, -0.2) is 24.2 Å². The number of nitrogens with zero attached hydrogens (tertiary/aromatic N) is 2. The number of aliphatic imine (C=N–C) groups is 2. The van der Waals surface area contributed by atoms with Gasteiger partial charge in [0.1, 0.15) is 0 Å². The maximum absolute atomic E-state index is 10.2. The average molecular weight is 194 g/mol. The Morgan fingerprint density at radius 2 is 1.79 bits per heavy atom. The van der Waals surface area contributed by atoms with Crippen LogP contribution in [0.2, 0.25) is 0 Å². The molecule has 1 rings (SSSR count). The zero-order chi connectivity index (χ0) is 10.6. The third kappa shape index (κ3) is 2.38. The molecule has 1 fully saturated rings. The molecular formula is C10H14N2O2. The van der Waals surface area contributed by atoms with E-state index in [2.05, 4.69) is 9.98 Å². The Bertz CT molecular complexity index is 299. The van der Waals surface area contributed by atoms with E-state index >= 15 is 0 Å². The van der Waals surface area contributed by atoms with Crippen molar-refractivity contribution in [2.45, 2.75) is 45.2 Å². The summed E-state index contributed by atoms with van der Waals surface area (Å²) in [4.78, 5) is 27.8. The van der Waals surface area contributed by atoms with Crippen molar-refractivity contribution in [3.63, 3.8) is 0 Å². The summed E-state index contributed by atoms with van der Waals surface area (Å²) in [6.45, 7) is 4.07. The van der Waals surface area contributed by atoms with Crippen LogP contribution >= 0.6 is 0 Å². The molecule has 0 amide bonds. The summed E-state index contributed by atoms with van der Waals surface area (Å²) in [6.07, 6.45) is 5.56. The molecule has 4 heteroatoms. The first-order chi connectivity index (χ1) is 6.60. The largest absolute Gasteiger partial charge is 0.235 e. The number of hydrogen-bond donors (Lipinski definition) is 0. The molecule has 76 valence electrons. The van der Waals surface area contributed by atoms with Crippen molar-refractivity contribution in [2.24, 2.45) is 15.4 Å². The highest BCUT2D eigenvalue weighted by Gasteiger charge is 2.36. The van der Waals surface area contributed by atoms with Crippen LogP contribution < -0.4 is 0 Å². The molecule has 2 unspecified atom stereocenters. The summed E-state index contributed by atoms with van der Waals surface area (Å²) in [7, 11) is 0. The third-order valence-electron chi connectivity index (χ3n) is 2.88. The lowest BCUT2D eigenvalue weighted by molar-refractivity contribution is 0.185. The van der Waals surface area contributed by atoms with Crippen LogP contribution in [0, 0.1) is 5.41 Å². The first-order valence-corrected chi connectivity index (χ1v) is 4.74. The molecule has 0 N–H and O–H groups in total. The molecule has 0 spiro atoms. The van der Waals surface area contributed by atoms with Crippen LogP contribution in [0.15, 0.2) is 9.98 Å². The smallest absolute Gasteiger partial charge is 0.211 e. The molecule has 0 aromatic carbocycles. The molecule has 0 aromatic rings. The van der Waals surface area contributed by atoms with E-state index in [9.17, 15) is 9.59 Å². The fourth-order valence-corrected chi connectivity index (χ4v) is 2.07. The molecule has 0 bridgehead atoms. The summed E-state index contributed by atoms with van der Waals surface area (Å²) < 4.78 is 0. The summed E-state index contributed by atoms with van der Waals surface area (Å²) in [5, 5.41) is 0. The fraction of sp³-hybridized carbons (Fsp3) is 0.800. The van der Waals surface area contributed by atoms with Crippen molar-refractivity contribution in [3.8, 4) is 0 Å². The van der Waals surface area contributed by atoms with Crippen molar-refractivity contribution in [3.05, 3.63) is 0 Å². The van der Waals surface area contributed by atoms with Crippen molar-refractivity contribution in [1.29, 1.82) is 0 Å². The van der Waals surface area contributed by atoms with E-state index in [0.717, 1.165) is 19.3 Å². The van der Waals surface area contributed by atoms with Gasteiger partial charge in [-0.15, -0.1) is 0 Å². The van der Waals surface area contributed by atoms with E-state index in [1.165, 1.54) is 0 Å². The molecular weight excluding hydrogens is 180 g/mol. The van der Waals surface area contributed by atoms with Crippen molar-refractivity contribution < 1.29 is 9.59 Å². The highest BCUT2D eigenvalue weighted by molar-refractivity contribution is 5.35. The molecule has 2 atom stereocenters. The molecule has 4 nitrogen and oxygen atoms in total. The van der Waals surface area contributed by atoms with Gasteiger partial charge < -0.3 is 0 Å². The topological polar surface area (TPSA) is 58.9 Å². The predicted octanol–water partition coefficient (Wildman–Crippen LogP) is 1.61. The summed E-state index contributed by atoms with van der Waals surface area (Å²) in [6, 6.07) is 0.0544. The molecule has 14 heavy (non-hydrogen) atoms. The number of carbonyl (C=O) groups excluding carboxylic acids is 2. The molecule has 0 aromatic heterocycles. The zero-order valence-electron chi connectivity index (χ0n) is 8.49. The quantitative estimate of drug-likeness (QED) is 0.495. The van der Waals surface area contributed by atoms with E-state index in [1.807, 2.05) is 13.8 Å². The lowest BCUT2D eigenvalue weighted by Crippen LogP contribution is -2.36. The van der Waals surface area contributed by atoms with Gasteiger partial charge in [-0.25, -0.2) is 19.6 Å². The van der Waals surface area contributed by atoms with E-state index in [1.54, 1.807) is 12.2 Å². The van der Waals surface area contributed by atoms with Crippen LogP contribution in [0.25, 0.3) is 0 Å². The number of isocyanates is 2. The monoisotopic (exact) mass is 194 g/mol. The van der Waals surface area contributed by atoms with E-state index in [4.69, 9.17) is 0 Å². The first-order valence-electron chi connectivity index (χ1n) is 4.74. The Kier molecular flexibility index (Phi) is 3.34. The van der Waals surface area contributed by atoms with Gasteiger partial charge in [0.05, 0.1) is 12.1 Å². The van der Waals surface area contributed by atoms with Gasteiger partial charge in [-0.1, -0.05) is 13.8 Å². The normalized spacial score (nSPS) is 29.9. The highest BCUT2D eigenvalue weighted by Crippen LogP contribution is 2.38. The Balaban J connectivity index is 2.74. The molecule has 0 heterocycles. The lowest BCUT2D eigenvalue weighted by Gasteiger charge is -2.37. The molecule has 0 saturated heterocycles. The van der Waals surface area contributed by atoms with Gasteiger partial charge in [-0.05, 0) is 24.7 Å². The summed E-state index contributed by atoms with van der Waals surface area (Å²) >= 11 is 0. The average Bonchev–Trinajstić information content (AvgIpc) is 2.10. The molecule has 0 radical (unpaired) electrons. The molecule has 1 aliphatic carbocycles. The second-order valence-corrected chi connectivity index (χ2v) is 4.38. The Labute approximate surface area is 83.1 Å². The van der Waals surface area contributed by atoms with Crippen LogP contribution in [0.1, 0.15) is 33.1 Å². The first kappa shape index (κ1) is 10.8. The number of rotatable bonds is 2. The van der Waals surface area contributed by atoms with Gasteiger partial charge in [-0.2, -0.15) is 0 Å². The Hall–Kier alpha value is -1.24. The van der Waals surface area contributed by atoms with Crippen molar-refractivity contribution in [1.82, 2.24) is 0 Å². The van der Waals surface area contributed by atoms with Crippen LogP contribution in [0.3, 0.4) is 0 Å². The lowest BCUT2D eigenvalue weighted by atomic mass is 9.71. The van der Waals surface area contributed by atoms with Crippen molar-refractivity contribution in [2.75, 3.05) is 0 Å². The van der Waals surface area contributed by atoms with E-state index in [0.29, 0.717) is 0 Å². The SMILES string of the molecule is CC1(C)CC(N=C=O)CCC1N=C=O. The summed E-state index contributed by atoms with van der Waals surface area (Å²) in [5.74, 6) is 0. The second-order valence-electron chi connectivity index (χ2n) is 4.38. The minimum atomic E-state index is -0.0827. The molecule has 1 saturated carbocycles. The van der Waals surface area contributed by atoms with Gasteiger partial charge >= 0.3 is 0 Å². The van der Waals surface area contributed by atoms with E-state index in [-0.39, 0.29) is 17.5 Å². The van der Waals surface area contributed by atoms with Crippen LogP contribution in [-0.2, 0) is 9.59 Å². The minimum Gasteiger partial charge on any atom is -0.211 e. The third-order valence-corrected chi connectivity index (χ3v) is 2.88. The Morgan fingerprint density at radius 1 is 1.14 bits per heavy atom. The van der Waals surface area contributed by atoms with Gasteiger partial charge in [0.15, 0.2) is 0 Å². The molecule has 1 aliphatic rings. The maximum atomic E-state index is 10.2. The predicted molar refractivity (Wildman–Crippen MR) is 51.5 cm³/mol. The van der Waals surface area contributed by atoms with Gasteiger partial charge in [0.25, 0.3) is 0 Å². The maximum Gasteiger partial charge on any atom is 0.235 e. The van der Waals surface area contributed by atoms with Gasteiger partial charge in [0.2, 0.25) is 12.2 Å². The highest BCUT2D eigenvalue weighted by atomic mass is 16.1. The molecule has 0 aliphatic heterocycles. The van der Waals surface area contributed by atoms with Gasteiger partial charge in [0, 0.05) is 0 Å². The van der Waals surface area contributed by atoms with Crippen LogP contribution in [0.4, 0.5) is 0 Å². The standard InChI is InChI=1S/C10H14N2O2/c1-10(2)5-8(11-6-13)3-4-9(10)12-7-14/h8-9H,3-5H2,1-2H3. The van der Waals surface area contributed by atoms with Crippen molar-refractivity contribution >= 4 is 12.2 Å². The Morgan fingerprint density at radius 3 is 2.29 bits per heavy atom. The van der Waals surface area contributed by atoms with Gasteiger partial charge in [-0.3, -0.25) is 0 Å². The zero-order valence-corrected chi connectivity index (χ0v) is 8.49. The fourth-order valence-electron chi connectivity index (χ4n) is 2.07. The summed E-state index contributed by atoms with van der Waals surface area (Å²) in [5.41, 5.74) is -0.0827.